The molecule has 6 heteroatoms. The zero-order chi connectivity index (χ0) is 19.9. The third kappa shape index (κ3) is 4.63. The molecule has 0 bridgehead atoms. The Balaban J connectivity index is 1.49. The van der Waals surface area contributed by atoms with Gasteiger partial charge < -0.3 is 19.7 Å². The highest BCUT2D eigenvalue weighted by Crippen LogP contribution is 2.33. The van der Waals surface area contributed by atoms with E-state index >= 15 is 0 Å². The SMILES string of the molecule is COc1cc2c(cc1OC)CN(C(=O)CCCNC(=O)c1ccccc1)CC2. The van der Waals surface area contributed by atoms with E-state index in [4.69, 9.17) is 9.47 Å². The summed E-state index contributed by atoms with van der Waals surface area (Å²) < 4.78 is 10.7. The molecular weight excluding hydrogens is 356 g/mol. The standard InChI is InChI=1S/C22H26N2O4/c1-27-19-13-17-10-12-24(15-18(17)14-20(19)28-2)21(25)9-6-11-23-22(26)16-7-4-3-5-8-16/h3-5,7-8,13-14H,6,9-12,15H2,1-2H3,(H,23,26). The van der Waals surface area contributed by atoms with Gasteiger partial charge in [-0.05, 0) is 48.2 Å². The number of nitrogens with one attached hydrogen (secondary N) is 1. The molecule has 0 saturated heterocycles. The molecule has 0 aromatic heterocycles. The molecule has 1 N–H and O–H groups in total. The number of carbonyl (C=O) groups is 2. The molecule has 2 aromatic carbocycles. The lowest BCUT2D eigenvalue weighted by molar-refractivity contribution is -0.132. The van der Waals surface area contributed by atoms with Gasteiger partial charge in [-0.15, -0.1) is 0 Å². The second-order valence-electron chi connectivity index (χ2n) is 6.77. The lowest BCUT2D eigenvalue weighted by Crippen LogP contribution is -2.36. The van der Waals surface area contributed by atoms with Gasteiger partial charge in [0.25, 0.3) is 5.91 Å². The van der Waals surface area contributed by atoms with Crippen LogP contribution in [0.2, 0.25) is 0 Å². The molecule has 0 radical (unpaired) electrons. The Morgan fingerprint density at radius 3 is 2.39 bits per heavy atom. The Bertz CT molecular complexity index is 836. The summed E-state index contributed by atoms with van der Waals surface area (Å²) in [6.45, 7) is 1.75. The molecule has 0 fully saturated rings. The number of fused-ring (bicyclic) bond motifs is 1. The van der Waals surface area contributed by atoms with Gasteiger partial charge in [-0.2, -0.15) is 0 Å². The average molecular weight is 382 g/mol. The molecule has 28 heavy (non-hydrogen) atoms. The van der Waals surface area contributed by atoms with E-state index in [1.807, 2.05) is 35.2 Å². The van der Waals surface area contributed by atoms with Crippen molar-refractivity contribution in [3.63, 3.8) is 0 Å². The third-order valence-corrected chi connectivity index (χ3v) is 4.96. The molecule has 2 amide bonds. The number of nitrogens with zero attached hydrogens (tertiary/aromatic N) is 1. The molecule has 0 saturated carbocycles. The van der Waals surface area contributed by atoms with Gasteiger partial charge >= 0.3 is 0 Å². The molecule has 0 atom stereocenters. The number of amides is 2. The quantitative estimate of drug-likeness (QED) is 0.748. The van der Waals surface area contributed by atoms with Crippen LogP contribution in [0.4, 0.5) is 0 Å². The number of benzene rings is 2. The molecule has 0 spiro atoms. The Morgan fingerprint density at radius 2 is 1.71 bits per heavy atom. The van der Waals surface area contributed by atoms with Crippen LogP contribution in [0.25, 0.3) is 0 Å². The smallest absolute Gasteiger partial charge is 0.251 e. The van der Waals surface area contributed by atoms with Gasteiger partial charge in [0.2, 0.25) is 5.91 Å². The Morgan fingerprint density at radius 1 is 1.04 bits per heavy atom. The maximum absolute atomic E-state index is 12.6. The molecule has 0 aliphatic carbocycles. The molecule has 6 nitrogen and oxygen atoms in total. The van der Waals surface area contributed by atoms with Crippen molar-refractivity contribution >= 4 is 11.8 Å². The molecule has 148 valence electrons. The largest absolute Gasteiger partial charge is 0.493 e. The van der Waals surface area contributed by atoms with Crippen LogP contribution in [-0.4, -0.2) is 44.0 Å². The van der Waals surface area contributed by atoms with Gasteiger partial charge in [0.15, 0.2) is 11.5 Å². The number of hydrogen-bond donors (Lipinski definition) is 1. The second-order valence-corrected chi connectivity index (χ2v) is 6.77. The van der Waals surface area contributed by atoms with E-state index < -0.39 is 0 Å². The summed E-state index contributed by atoms with van der Waals surface area (Å²) in [4.78, 5) is 26.4. The number of carbonyl (C=O) groups excluding carboxylic acids is 2. The predicted molar refractivity (Wildman–Crippen MR) is 107 cm³/mol. The van der Waals surface area contributed by atoms with E-state index in [-0.39, 0.29) is 11.8 Å². The van der Waals surface area contributed by atoms with Gasteiger partial charge in [0, 0.05) is 31.6 Å². The first-order chi connectivity index (χ1) is 13.6. The van der Waals surface area contributed by atoms with Crippen molar-refractivity contribution in [3.05, 3.63) is 59.2 Å². The van der Waals surface area contributed by atoms with Crippen LogP contribution in [0.15, 0.2) is 42.5 Å². The molecule has 3 rings (SSSR count). The highest BCUT2D eigenvalue weighted by atomic mass is 16.5. The average Bonchev–Trinajstić information content (AvgIpc) is 2.75. The fraction of sp³-hybridized carbons (Fsp3) is 0.364. The minimum atomic E-state index is -0.110. The van der Waals surface area contributed by atoms with Crippen LogP contribution in [-0.2, 0) is 17.8 Å². The zero-order valence-electron chi connectivity index (χ0n) is 16.4. The lowest BCUT2D eigenvalue weighted by atomic mass is 9.98. The third-order valence-electron chi connectivity index (χ3n) is 4.96. The van der Waals surface area contributed by atoms with Crippen LogP contribution in [0, 0.1) is 0 Å². The van der Waals surface area contributed by atoms with E-state index in [9.17, 15) is 9.59 Å². The monoisotopic (exact) mass is 382 g/mol. The minimum absolute atomic E-state index is 0.106. The van der Waals surface area contributed by atoms with E-state index in [1.165, 1.54) is 5.56 Å². The van der Waals surface area contributed by atoms with E-state index in [2.05, 4.69) is 5.32 Å². The fourth-order valence-electron chi connectivity index (χ4n) is 3.39. The summed E-state index contributed by atoms with van der Waals surface area (Å²) >= 11 is 0. The molecule has 1 heterocycles. The first kappa shape index (κ1) is 19.7. The maximum Gasteiger partial charge on any atom is 0.251 e. The summed E-state index contributed by atoms with van der Waals surface area (Å²) in [5, 5.41) is 2.86. The highest BCUT2D eigenvalue weighted by Gasteiger charge is 2.22. The van der Waals surface area contributed by atoms with E-state index in [0.717, 1.165) is 17.7 Å². The molecule has 2 aromatic rings. The summed E-state index contributed by atoms with van der Waals surface area (Å²) in [7, 11) is 3.24. The minimum Gasteiger partial charge on any atom is -0.493 e. The number of ether oxygens (including phenoxy) is 2. The Labute approximate surface area is 165 Å². The van der Waals surface area contributed by atoms with Gasteiger partial charge in [-0.25, -0.2) is 0 Å². The summed E-state index contributed by atoms with van der Waals surface area (Å²) in [6, 6.07) is 13.0. The summed E-state index contributed by atoms with van der Waals surface area (Å²) in [6.07, 6.45) is 1.83. The van der Waals surface area contributed by atoms with E-state index in [0.29, 0.717) is 43.8 Å². The Hall–Kier alpha value is -3.02. The van der Waals surface area contributed by atoms with Crippen molar-refractivity contribution in [2.45, 2.75) is 25.8 Å². The van der Waals surface area contributed by atoms with Gasteiger partial charge in [0.1, 0.15) is 0 Å². The first-order valence-electron chi connectivity index (χ1n) is 9.47. The van der Waals surface area contributed by atoms with E-state index in [1.54, 1.807) is 26.4 Å². The van der Waals surface area contributed by atoms with Crippen molar-refractivity contribution < 1.29 is 19.1 Å². The number of rotatable bonds is 7. The molecule has 1 aliphatic rings. The van der Waals surface area contributed by atoms with Crippen LogP contribution >= 0.6 is 0 Å². The maximum atomic E-state index is 12.6. The van der Waals surface area contributed by atoms with Crippen LogP contribution in [0.3, 0.4) is 0 Å². The van der Waals surface area contributed by atoms with Crippen molar-refractivity contribution in [1.82, 2.24) is 10.2 Å². The Kier molecular flexibility index (Phi) is 6.53. The fourth-order valence-corrected chi connectivity index (χ4v) is 3.39. The van der Waals surface area contributed by atoms with Crippen LogP contribution in [0.1, 0.15) is 34.3 Å². The number of methoxy groups -OCH3 is 2. The highest BCUT2D eigenvalue weighted by molar-refractivity contribution is 5.94. The molecule has 1 aliphatic heterocycles. The topological polar surface area (TPSA) is 67.9 Å². The van der Waals surface area contributed by atoms with Crippen molar-refractivity contribution in [1.29, 1.82) is 0 Å². The molecular formula is C22H26N2O4. The van der Waals surface area contributed by atoms with Gasteiger partial charge in [-0.3, -0.25) is 9.59 Å². The normalized spacial score (nSPS) is 12.9. The van der Waals surface area contributed by atoms with Crippen molar-refractivity contribution in [2.24, 2.45) is 0 Å². The molecule has 0 unspecified atom stereocenters. The predicted octanol–water partition coefficient (Wildman–Crippen LogP) is 2.80. The van der Waals surface area contributed by atoms with Crippen LogP contribution in [0.5, 0.6) is 11.5 Å². The van der Waals surface area contributed by atoms with Crippen molar-refractivity contribution in [2.75, 3.05) is 27.3 Å². The number of hydrogen-bond acceptors (Lipinski definition) is 4. The summed E-state index contributed by atoms with van der Waals surface area (Å²) in [5.74, 6) is 1.39. The van der Waals surface area contributed by atoms with Gasteiger partial charge in [-0.1, -0.05) is 18.2 Å². The zero-order valence-corrected chi connectivity index (χ0v) is 16.4. The van der Waals surface area contributed by atoms with Gasteiger partial charge in [0.05, 0.1) is 14.2 Å². The lowest BCUT2D eigenvalue weighted by Gasteiger charge is -2.29. The van der Waals surface area contributed by atoms with Crippen molar-refractivity contribution in [3.8, 4) is 11.5 Å². The van der Waals surface area contributed by atoms with Crippen LogP contribution < -0.4 is 14.8 Å². The first-order valence-corrected chi connectivity index (χ1v) is 9.47. The summed E-state index contributed by atoms with van der Waals surface area (Å²) in [5.41, 5.74) is 2.91. The second kappa shape index (κ2) is 9.26.